The Morgan fingerprint density at radius 1 is 0.318 bits per heavy atom. The van der Waals surface area contributed by atoms with Crippen LogP contribution in [-0.2, 0) is 0 Å². The fraction of sp³-hybridized carbons (Fsp3) is 0. The van der Waals surface area contributed by atoms with Gasteiger partial charge in [-0.15, -0.1) is 0 Å². The van der Waals surface area contributed by atoms with Crippen LogP contribution in [0.2, 0.25) is 0 Å². The summed E-state index contributed by atoms with van der Waals surface area (Å²) in [6, 6.07) is 28.8. The molecular weight excluding hydrogens is 560 g/mol. The highest BCUT2D eigenvalue weighted by molar-refractivity contribution is 6.30. The minimum atomic E-state index is -1.01. The Morgan fingerprint density at radius 3 is 1.23 bits per heavy atom. The molecule has 0 aliphatic heterocycles. The Kier molecular flexibility index (Phi) is 5.83. The summed E-state index contributed by atoms with van der Waals surface area (Å²) >= 11 is 0. The summed E-state index contributed by atoms with van der Waals surface area (Å²) in [7, 11) is 0. The van der Waals surface area contributed by atoms with Gasteiger partial charge in [0.25, 0.3) is 0 Å². The van der Waals surface area contributed by atoms with E-state index in [-0.39, 0.29) is 32.7 Å². The third-order valence-electron chi connectivity index (χ3n) is 8.09. The molecule has 0 aliphatic carbocycles. The van der Waals surface area contributed by atoms with E-state index in [4.69, 9.17) is 0 Å². The number of rotatable bonds is 3. The number of fused-ring (bicyclic) bond motifs is 3. The number of phenolic OH excluding ortho intramolecular Hbond substituents is 8. The van der Waals surface area contributed by atoms with Gasteiger partial charge in [-0.2, -0.15) is 0 Å². The van der Waals surface area contributed by atoms with E-state index in [1.807, 2.05) is 48.5 Å². The van der Waals surface area contributed by atoms with Crippen LogP contribution in [0.15, 0.2) is 97.1 Å². The van der Waals surface area contributed by atoms with Crippen molar-refractivity contribution in [1.82, 2.24) is 0 Å². The Balaban J connectivity index is 1.84. The third kappa shape index (κ3) is 3.64. The molecule has 0 radical (unpaired) electrons. The second-order valence-corrected chi connectivity index (χ2v) is 10.5. The molecule has 8 heteroatoms. The fourth-order valence-corrected chi connectivity index (χ4v) is 6.10. The maximum absolute atomic E-state index is 11.5. The molecular formula is C36H24O8. The molecule has 216 valence electrons. The standard InChI is InChI=1S/C36H24O8/c37-29-25-23(18-11-5-2-6-12-18)26-28(32(40)36(44)34(42)30(26)38)24(27(25)31(39)35(43)33(29)41)22-16-20(17-9-3-1-4-10-17)15-19-13-7-8-14-21(19)22/h1-16,37-44H. The van der Waals surface area contributed by atoms with Crippen molar-refractivity contribution in [3.63, 3.8) is 0 Å². The lowest BCUT2D eigenvalue weighted by molar-refractivity contribution is 0.350. The Bertz CT molecular complexity index is 2210. The second-order valence-electron chi connectivity index (χ2n) is 10.5. The van der Waals surface area contributed by atoms with Crippen LogP contribution in [-0.4, -0.2) is 40.9 Å². The van der Waals surface area contributed by atoms with Crippen molar-refractivity contribution in [2.75, 3.05) is 0 Å². The number of hydrogen-bond donors (Lipinski definition) is 8. The topological polar surface area (TPSA) is 162 Å². The van der Waals surface area contributed by atoms with Crippen LogP contribution in [0.4, 0.5) is 0 Å². The first-order chi connectivity index (χ1) is 21.2. The van der Waals surface area contributed by atoms with Crippen LogP contribution in [0.25, 0.3) is 65.7 Å². The molecule has 0 atom stereocenters. The van der Waals surface area contributed by atoms with Crippen molar-refractivity contribution in [3.05, 3.63) is 97.1 Å². The molecule has 0 fully saturated rings. The first-order valence-corrected chi connectivity index (χ1v) is 13.6. The normalized spacial score (nSPS) is 11.5. The highest BCUT2D eigenvalue weighted by Crippen LogP contribution is 2.62. The predicted octanol–water partition coefficient (Wildman–Crippen LogP) is 7.79. The van der Waals surface area contributed by atoms with Gasteiger partial charge in [0, 0.05) is 32.7 Å². The van der Waals surface area contributed by atoms with Gasteiger partial charge >= 0.3 is 0 Å². The number of benzene rings is 7. The van der Waals surface area contributed by atoms with Crippen LogP contribution in [0.1, 0.15) is 0 Å². The minimum absolute atomic E-state index is 0.00840. The molecule has 0 saturated heterocycles. The lowest BCUT2D eigenvalue weighted by Gasteiger charge is -2.23. The molecule has 7 aromatic carbocycles. The van der Waals surface area contributed by atoms with E-state index in [2.05, 4.69) is 0 Å². The zero-order valence-electron chi connectivity index (χ0n) is 22.8. The van der Waals surface area contributed by atoms with Gasteiger partial charge in [0.1, 0.15) is 0 Å². The monoisotopic (exact) mass is 584 g/mol. The molecule has 0 amide bonds. The van der Waals surface area contributed by atoms with E-state index < -0.39 is 46.0 Å². The molecule has 0 saturated carbocycles. The first kappa shape index (κ1) is 26.6. The Labute approximate surface area is 249 Å². The number of aromatic hydroxyl groups is 8. The van der Waals surface area contributed by atoms with Crippen molar-refractivity contribution in [1.29, 1.82) is 0 Å². The lowest BCUT2D eigenvalue weighted by atomic mass is 9.82. The summed E-state index contributed by atoms with van der Waals surface area (Å²) < 4.78 is 0. The Hall–Kier alpha value is -6.28. The molecule has 44 heavy (non-hydrogen) atoms. The van der Waals surface area contributed by atoms with Crippen LogP contribution in [0, 0.1) is 0 Å². The molecule has 0 bridgehead atoms. The van der Waals surface area contributed by atoms with Gasteiger partial charge in [0.15, 0.2) is 23.0 Å². The van der Waals surface area contributed by atoms with Gasteiger partial charge in [0.2, 0.25) is 23.0 Å². The molecule has 0 heterocycles. The highest BCUT2D eigenvalue weighted by Gasteiger charge is 2.32. The van der Waals surface area contributed by atoms with Gasteiger partial charge in [-0.3, -0.25) is 0 Å². The Morgan fingerprint density at radius 2 is 0.727 bits per heavy atom. The molecule has 0 aromatic heterocycles. The fourth-order valence-electron chi connectivity index (χ4n) is 6.10. The quantitative estimate of drug-likeness (QED) is 0.0593. The van der Waals surface area contributed by atoms with Crippen molar-refractivity contribution in [2.45, 2.75) is 0 Å². The lowest BCUT2D eigenvalue weighted by Crippen LogP contribution is -1.95. The van der Waals surface area contributed by atoms with E-state index in [1.165, 1.54) is 0 Å². The number of phenols is 8. The number of hydrogen-bond acceptors (Lipinski definition) is 8. The van der Waals surface area contributed by atoms with Gasteiger partial charge in [-0.1, -0.05) is 84.9 Å². The molecule has 0 aliphatic rings. The molecule has 0 unspecified atom stereocenters. The molecule has 8 nitrogen and oxygen atoms in total. The van der Waals surface area contributed by atoms with Gasteiger partial charge in [-0.05, 0) is 45.2 Å². The summed E-state index contributed by atoms with van der Waals surface area (Å²) in [5.74, 6) is -7.29. The van der Waals surface area contributed by atoms with Gasteiger partial charge in [0.05, 0.1) is 0 Å². The maximum atomic E-state index is 11.5. The largest absolute Gasteiger partial charge is 0.504 e. The van der Waals surface area contributed by atoms with Gasteiger partial charge in [-0.25, -0.2) is 0 Å². The van der Waals surface area contributed by atoms with E-state index >= 15 is 0 Å². The smallest absolute Gasteiger partial charge is 0.204 e. The summed E-state index contributed by atoms with van der Waals surface area (Å²) in [6.07, 6.45) is 0. The zero-order chi connectivity index (χ0) is 30.9. The van der Waals surface area contributed by atoms with E-state index in [9.17, 15) is 40.9 Å². The van der Waals surface area contributed by atoms with Crippen molar-refractivity contribution >= 4 is 32.3 Å². The molecule has 7 aromatic rings. The minimum Gasteiger partial charge on any atom is -0.504 e. The SMILES string of the molecule is Oc1c(O)c(O)c2c(-c3cc(-c4ccccc4)cc4ccccc34)c3c(O)c(O)c(O)c(O)c3c(-c3ccccc3)c2c1O. The average molecular weight is 585 g/mol. The van der Waals surface area contributed by atoms with Crippen LogP contribution in [0.5, 0.6) is 46.0 Å². The molecule has 8 N–H and O–H groups in total. The average Bonchev–Trinajstić information content (AvgIpc) is 3.07. The van der Waals surface area contributed by atoms with E-state index in [0.29, 0.717) is 16.5 Å². The van der Waals surface area contributed by atoms with Crippen molar-refractivity contribution in [3.8, 4) is 79.4 Å². The van der Waals surface area contributed by atoms with Crippen LogP contribution >= 0.6 is 0 Å². The molecule has 7 rings (SSSR count). The van der Waals surface area contributed by atoms with Crippen LogP contribution < -0.4 is 0 Å². The predicted molar refractivity (Wildman–Crippen MR) is 169 cm³/mol. The summed E-state index contributed by atoms with van der Waals surface area (Å²) in [5.41, 5.74) is 2.34. The first-order valence-electron chi connectivity index (χ1n) is 13.6. The van der Waals surface area contributed by atoms with Crippen molar-refractivity contribution in [2.24, 2.45) is 0 Å². The van der Waals surface area contributed by atoms with Gasteiger partial charge < -0.3 is 40.9 Å². The summed E-state index contributed by atoms with van der Waals surface area (Å²) in [6.45, 7) is 0. The van der Waals surface area contributed by atoms with E-state index in [0.717, 1.165) is 16.5 Å². The van der Waals surface area contributed by atoms with E-state index in [1.54, 1.807) is 48.5 Å². The third-order valence-corrected chi connectivity index (χ3v) is 8.09. The second kappa shape index (κ2) is 9.64. The zero-order valence-corrected chi connectivity index (χ0v) is 22.8. The van der Waals surface area contributed by atoms with Crippen molar-refractivity contribution < 1.29 is 40.9 Å². The summed E-state index contributed by atoms with van der Waals surface area (Å²) in [5, 5.41) is 89.5. The maximum Gasteiger partial charge on any atom is 0.204 e. The van der Waals surface area contributed by atoms with Crippen LogP contribution in [0.3, 0.4) is 0 Å². The molecule has 0 spiro atoms. The summed E-state index contributed by atoms with van der Waals surface area (Å²) in [4.78, 5) is 0. The highest BCUT2D eigenvalue weighted by atomic mass is 16.4.